The van der Waals surface area contributed by atoms with Gasteiger partial charge in [-0.05, 0) is 23.7 Å². The van der Waals surface area contributed by atoms with Crippen molar-refractivity contribution >= 4 is 11.9 Å². The molecule has 1 aliphatic carbocycles. The molecule has 0 radical (unpaired) electrons. The first-order valence-corrected chi connectivity index (χ1v) is 6.76. The molecule has 0 spiro atoms. The highest BCUT2D eigenvalue weighted by atomic mass is 16.4. The number of hydrogen-bond acceptors (Lipinski definition) is 2. The monoisotopic (exact) mass is 253 g/mol. The van der Waals surface area contributed by atoms with Gasteiger partial charge in [0, 0.05) is 13.1 Å². The van der Waals surface area contributed by atoms with Crippen LogP contribution >= 0.6 is 0 Å². The van der Waals surface area contributed by atoms with E-state index >= 15 is 0 Å². The van der Waals surface area contributed by atoms with Crippen LogP contribution in [0.3, 0.4) is 0 Å². The minimum Gasteiger partial charge on any atom is -0.481 e. The zero-order chi connectivity index (χ0) is 13.7. The van der Waals surface area contributed by atoms with Crippen molar-refractivity contribution in [3.63, 3.8) is 0 Å². The summed E-state index contributed by atoms with van der Waals surface area (Å²) >= 11 is 0. The fourth-order valence-corrected chi connectivity index (χ4v) is 3.60. The molecule has 1 aliphatic heterocycles. The SMILES string of the molecule is CC1CC(C)CN(C(=O)[C@H]2[C@@H](C(=O)O)C2(C)C)C1. The van der Waals surface area contributed by atoms with Gasteiger partial charge in [0.2, 0.25) is 5.91 Å². The molecule has 18 heavy (non-hydrogen) atoms. The van der Waals surface area contributed by atoms with Crippen LogP contribution in [0.25, 0.3) is 0 Å². The highest BCUT2D eigenvalue weighted by Gasteiger charge is 2.66. The molecule has 2 fully saturated rings. The number of likely N-dealkylation sites (tertiary alicyclic amines) is 1. The molecule has 2 rings (SSSR count). The molecule has 1 saturated heterocycles. The number of carbonyl (C=O) groups excluding carboxylic acids is 1. The molecule has 4 heteroatoms. The minimum atomic E-state index is -0.837. The standard InChI is InChI=1S/C14H23NO3/c1-8-5-9(2)7-15(6-8)12(16)10-11(13(17)18)14(10,3)4/h8-11H,5-7H2,1-4H3,(H,17,18)/t8?,9?,10-,11+/m1/s1. The third kappa shape index (κ3) is 2.13. The minimum absolute atomic E-state index is 0.0470. The molecule has 4 atom stereocenters. The summed E-state index contributed by atoms with van der Waals surface area (Å²) in [5.41, 5.74) is -0.382. The summed E-state index contributed by atoms with van der Waals surface area (Å²) in [6, 6.07) is 0. The zero-order valence-corrected chi connectivity index (χ0v) is 11.6. The van der Waals surface area contributed by atoms with Gasteiger partial charge in [0.25, 0.3) is 0 Å². The predicted octanol–water partition coefficient (Wildman–Crippen LogP) is 1.85. The summed E-state index contributed by atoms with van der Waals surface area (Å²) in [7, 11) is 0. The fourth-order valence-electron chi connectivity index (χ4n) is 3.60. The third-order valence-corrected chi connectivity index (χ3v) is 4.54. The first kappa shape index (κ1) is 13.4. The van der Waals surface area contributed by atoms with E-state index in [4.69, 9.17) is 5.11 Å². The van der Waals surface area contributed by atoms with Gasteiger partial charge >= 0.3 is 5.97 Å². The molecule has 0 aromatic rings. The van der Waals surface area contributed by atoms with Crippen molar-refractivity contribution in [2.75, 3.05) is 13.1 Å². The van der Waals surface area contributed by atoms with E-state index in [1.807, 2.05) is 18.7 Å². The fraction of sp³-hybridized carbons (Fsp3) is 0.857. The summed E-state index contributed by atoms with van der Waals surface area (Å²) in [5.74, 6) is -0.585. The summed E-state index contributed by atoms with van der Waals surface area (Å²) in [6.07, 6.45) is 1.15. The van der Waals surface area contributed by atoms with Crippen LogP contribution < -0.4 is 0 Å². The second-order valence-electron chi connectivity index (χ2n) is 6.80. The van der Waals surface area contributed by atoms with Gasteiger partial charge in [0.1, 0.15) is 0 Å². The molecular formula is C14H23NO3. The molecule has 2 unspecified atom stereocenters. The lowest BCUT2D eigenvalue weighted by Crippen LogP contribution is -2.44. The van der Waals surface area contributed by atoms with Crippen LogP contribution in [0, 0.1) is 29.1 Å². The van der Waals surface area contributed by atoms with Crippen LogP contribution in [-0.4, -0.2) is 35.0 Å². The lowest BCUT2D eigenvalue weighted by molar-refractivity contribution is -0.142. The maximum Gasteiger partial charge on any atom is 0.307 e. The molecule has 0 aromatic heterocycles. The van der Waals surface area contributed by atoms with Gasteiger partial charge in [-0.15, -0.1) is 0 Å². The molecule has 102 valence electrons. The van der Waals surface area contributed by atoms with Gasteiger partial charge in [-0.2, -0.15) is 0 Å². The summed E-state index contributed by atoms with van der Waals surface area (Å²) in [6.45, 7) is 9.63. The Balaban J connectivity index is 2.07. The van der Waals surface area contributed by atoms with Crippen molar-refractivity contribution < 1.29 is 14.7 Å². The van der Waals surface area contributed by atoms with Crippen molar-refractivity contribution in [1.29, 1.82) is 0 Å². The van der Waals surface area contributed by atoms with Crippen LogP contribution in [0.5, 0.6) is 0 Å². The second kappa shape index (κ2) is 4.25. The highest BCUT2D eigenvalue weighted by Crippen LogP contribution is 2.59. The molecule has 1 saturated carbocycles. The number of aliphatic carboxylic acids is 1. The van der Waals surface area contributed by atoms with Gasteiger partial charge in [0.15, 0.2) is 0 Å². The second-order valence-corrected chi connectivity index (χ2v) is 6.80. The topological polar surface area (TPSA) is 57.6 Å². The molecule has 1 heterocycles. The maximum atomic E-state index is 12.4. The normalized spacial score (nSPS) is 38.3. The molecule has 1 amide bonds. The summed E-state index contributed by atoms with van der Waals surface area (Å²) in [4.78, 5) is 25.5. The van der Waals surface area contributed by atoms with E-state index in [1.165, 1.54) is 0 Å². The Morgan fingerprint density at radius 1 is 1.11 bits per heavy atom. The summed E-state index contributed by atoms with van der Waals surface area (Å²) < 4.78 is 0. The number of hydrogen-bond donors (Lipinski definition) is 1. The Kier molecular flexibility index (Phi) is 3.16. The Bertz CT molecular complexity index is 367. The first-order chi connectivity index (χ1) is 8.25. The van der Waals surface area contributed by atoms with Gasteiger partial charge < -0.3 is 10.0 Å². The van der Waals surface area contributed by atoms with E-state index in [2.05, 4.69) is 13.8 Å². The Morgan fingerprint density at radius 2 is 1.61 bits per heavy atom. The number of nitrogens with zero attached hydrogens (tertiary/aromatic N) is 1. The van der Waals surface area contributed by atoms with Gasteiger partial charge in [-0.1, -0.05) is 27.7 Å². The number of carboxylic acid groups (broad SMARTS) is 1. The molecule has 2 aliphatic rings. The van der Waals surface area contributed by atoms with Crippen LogP contribution in [0.2, 0.25) is 0 Å². The smallest absolute Gasteiger partial charge is 0.307 e. The number of piperidine rings is 1. The summed E-state index contributed by atoms with van der Waals surface area (Å²) in [5, 5.41) is 9.14. The number of carboxylic acids is 1. The average molecular weight is 253 g/mol. The van der Waals surface area contributed by atoms with Crippen molar-refractivity contribution in [2.45, 2.75) is 34.1 Å². The number of rotatable bonds is 2. The van der Waals surface area contributed by atoms with E-state index in [-0.39, 0.29) is 17.2 Å². The van der Waals surface area contributed by atoms with Crippen LogP contribution in [0.1, 0.15) is 34.1 Å². The lowest BCUT2D eigenvalue weighted by Gasteiger charge is -2.35. The average Bonchev–Trinajstić information content (AvgIpc) is 2.79. The predicted molar refractivity (Wildman–Crippen MR) is 67.9 cm³/mol. The van der Waals surface area contributed by atoms with E-state index in [0.717, 1.165) is 19.5 Å². The Morgan fingerprint density at radius 3 is 2.00 bits per heavy atom. The molecule has 0 aromatic carbocycles. The Labute approximate surface area is 108 Å². The van der Waals surface area contributed by atoms with Crippen LogP contribution in [-0.2, 0) is 9.59 Å². The zero-order valence-electron chi connectivity index (χ0n) is 11.6. The largest absolute Gasteiger partial charge is 0.481 e. The van der Waals surface area contributed by atoms with Gasteiger partial charge in [-0.3, -0.25) is 9.59 Å². The van der Waals surface area contributed by atoms with E-state index in [9.17, 15) is 9.59 Å². The van der Waals surface area contributed by atoms with Gasteiger partial charge in [-0.25, -0.2) is 0 Å². The van der Waals surface area contributed by atoms with Crippen molar-refractivity contribution in [3.8, 4) is 0 Å². The third-order valence-electron chi connectivity index (χ3n) is 4.54. The van der Waals surface area contributed by atoms with E-state index in [1.54, 1.807) is 0 Å². The van der Waals surface area contributed by atoms with Crippen LogP contribution in [0.15, 0.2) is 0 Å². The van der Waals surface area contributed by atoms with Crippen molar-refractivity contribution in [3.05, 3.63) is 0 Å². The molecular weight excluding hydrogens is 230 g/mol. The van der Waals surface area contributed by atoms with E-state index < -0.39 is 11.9 Å². The molecule has 4 nitrogen and oxygen atoms in total. The van der Waals surface area contributed by atoms with Gasteiger partial charge in [0.05, 0.1) is 11.8 Å². The molecule has 0 bridgehead atoms. The first-order valence-electron chi connectivity index (χ1n) is 6.76. The number of amides is 1. The lowest BCUT2D eigenvalue weighted by atomic mass is 9.91. The van der Waals surface area contributed by atoms with Crippen molar-refractivity contribution in [2.24, 2.45) is 29.1 Å². The van der Waals surface area contributed by atoms with Crippen LogP contribution in [0.4, 0.5) is 0 Å². The Hall–Kier alpha value is -1.06. The quantitative estimate of drug-likeness (QED) is 0.817. The number of carbonyl (C=O) groups is 2. The highest BCUT2D eigenvalue weighted by molar-refractivity contribution is 5.91. The maximum absolute atomic E-state index is 12.4. The van der Waals surface area contributed by atoms with Crippen molar-refractivity contribution in [1.82, 2.24) is 4.90 Å². The van der Waals surface area contributed by atoms with E-state index in [0.29, 0.717) is 11.8 Å². The molecule has 1 N–H and O–H groups in total.